The van der Waals surface area contributed by atoms with Crippen LogP contribution in [0.15, 0.2) is 58.3 Å². The van der Waals surface area contributed by atoms with Crippen LogP contribution in [0, 0.1) is 0 Å². The predicted octanol–water partition coefficient (Wildman–Crippen LogP) is 4.69. The average molecular weight is 343 g/mol. The molecule has 2 nitrogen and oxygen atoms in total. The van der Waals surface area contributed by atoms with Crippen LogP contribution in [0.1, 0.15) is 15.9 Å². The van der Waals surface area contributed by atoms with E-state index < -0.39 is 11.4 Å². The van der Waals surface area contributed by atoms with E-state index in [0.717, 1.165) is 10.5 Å². The maximum Gasteiger partial charge on any atom is 0.446 e. The lowest BCUT2D eigenvalue weighted by Gasteiger charge is -2.07. The van der Waals surface area contributed by atoms with Gasteiger partial charge in [0, 0.05) is 21.1 Å². The van der Waals surface area contributed by atoms with Crippen LogP contribution in [0.5, 0.6) is 0 Å². The molecule has 22 heavy (non-hydrogen) atoms. The van der Waals surface area contributed by atoms with Crippen molar-refractivity contribution in [2.24, 2.45) is 5.73 Å². The molecule has 0 spiro atoms. The Morgan fingerprint density at radius 3 is 2.00 bits per heavy atom. The minimum atomic E-state index is -4.27. The Labute approximate surface area is 134 Å². The second kappa shape index (κ2) is 7.11. The first-order valence-corrected chi connectivity index (χ1v) is 8.01. The van der Waals surface area contributed by atoms with Gasteiger partial charge >= 0.3 is 5.51 Å². The van der Waals surface area contributed by atoms with Crippen molar-refractivity contribution in [3.8, 4) is 0 Å². The van der Waals surface area contributed by atoms with Gasteiger partial charge in [-0.15, -0.1) is 11.8 Å². The molecule has 0 aliphatic carbocycles. The lowest BCUT2D eigenvalue weighted by molar-refractivity contribution is -0.0328. The average Bonchev–Trinajstić information content (AvgIpc) is 2.45. The molecule has 2 aromatic carbocycles. The van der Waals surface area contributed by atoms with Gasteiger partial charge in [-0.25, -0.2) is 0 Å². The van der Waals surface area contributed by atoms with Crippen molar-refractivity contribution in [3.05, 3.63) is 59.7 Å². The summed E-state index contributed by atoms with van der Waals surface area (Å²) in [5.74, 6) is 0.154. The zero-order chi connectivity index (χ0) is 16.2. The molecular formula is C15H12F3NOS2. The van der Waals surface area contributed by atoms with Crippen LogP contribution in [0.4, 0.5) is 13.2 Å². The summed E-state index contributed by atoms with van der Waals surface area (Å²) in [5.41, 5.74) is 2.26. The van der Waals surface area contributed by atoms with E-state index in [1.165, 1.54) is 23.9 Å². The Bertz CT molecular complexity index is 639. The molecule has 0 radical (unpaired) electrons. The third-order valence-electron chi connectivity index (χ3n) is 2.70. The molecule has 2 rings (SSSR count). The third kappa shape index (κ3) is 5.31. The van der Waals surface area contributed by atoms with Crippen LogP contribution in [0.3, 0.4) is 0 Å². The fourth-order valence-corrected chi connectivity index (χ4v) is 3.06. The Hall–Kier alpha value is -1.60. The SMILES string of the molecule is NC(=O)c1ccc(SCc2ccc(SC(F)(F)F)cc2)cc1. The van der Waals surface area contributed by atoms with Gasteiger partial charge in [0.1, 0.15) is 0 Å². The standard InChI is InChI=1S/C15H12F3NOS2/c16-15(17,18)22-13-5-1-10(2-6-13)9-21-12-7-3-11(4-8-12)14(19)20/h1-8H,9H2,(H2,19,20). The normalized spacial score (nSPS) is 11.4. The van der Waals surface area contributed by atoms with Crippen molar-refractivity contribution in [1.29, 1.82) is 0 Å². The van der Waals surface area contributed by atoms with E-state index in [9.17, 15) is 18.0 Å². The van der Waals surface area contributed by atoms with Crippen LogP contribution < -0.4 is 5.73 Å². The molecule has 0 unspecified atom stereocenters. The number of rotatable bonds is 5. The van der Waals surface area contributed by atoms with Gasteiger partial charge in [-0.05, 0) is 53.7 Å². The highest BCUT2D eigenvalue weighted by molar-refractivity contribution is 8.00. The molecule has 2 N–H and O–H groups in total. The highest BCUT2D eigenvalue weighted by atomic mass is 32.2. The van der Waals surface area contributed by atoms with Gasteiger partial charge in [0.25, 0.3) is 0 Å². The summed E-state index contributed by atoms with van der Waals surface area (Å²) >= 11 is 1.41. The maximum absolute atomic E-state index is 12.2. The third-order valence-corrected chi connectivity index (χ3v) is 4.52. The zero-order valence-corrected chi connectivity index (χ0v) is 12.9. The van der Waals surface area contributed by atoms with E-state index >= 15 is 0 Å². The number of nitrogens with two attached hydrogens (primary N) is 1. The lowest BCUT2D eigenvalue weighted by atomic mass is 10.2. The van der Waals surface area contributed by atoms with Crippen LogP contribution in [0.25, 0.3) is 0 Å². The number of benzene rings is 2. The second-order valence-electron chi connectivity index (χ2n) is 4.37. The van der Waals surface area contributed by atoms with Gasteiger partial charge in [0.15, 0.2) is 0 Å². The predicted molar refractivity (Wildman–Crippen MR) is 82.9 cm³/mol. The van der Waals surface area contributed by atoms with Gasteiger partial charge in [-0.1, -0.05) is 12.1 Å². The number of amides is 1. The number of carbonyl (C=O) groups is 1. The molecule has 1 amide bonds. The van der Waals surface area contributed by atoms with E-state index in [1.807, 2.05) is 0 Å². The van der Waals surface area contributed by atoms with Crippen molar-refractivity contribution in [2.75, 3.05) is 0 Å². The number of halogens is 3. The fraction of sp³-hybridized carbons (Fsp3) is 0.133. The van der Waals surface area contributed by atoms with E-state index in [0.29, 0.717) is 11.3 Å². The zero-order valence-electron chi connectivity index (χ0n) is 11.3. The van der Waals surface area contributed by atoms with Crippen LogP contribution in [-0.4, -0.2) is 11.4 Å². The molecule has 0 aliphatic heterocycles. The molecular weight excluding hydrogens is 331 g/mol. The summed E-state index contributed by atoms with van der Waals surface area (Å²) in [7, 11) is 0. The van der Waals surface area contributed by atoms with Crippen molar-refractivity contribution in [3.63, 3.8) is 0 Å². The summed E-state index contributed by atoms with van der Waals surface area (Å²) in [6, 6.07) is 13.2. The molecule has 0 bridgehead atoms. The number of thioether (sulfide) groups is 2. The van der Waals surface area contributed by atoms with Crippen LogP contribution in [0.2, 0.25) is 0 Å². The highest BCUT2D eigenvalue weighted by Crippen LogP contribution is 2.37. The summed E-state index contributed by atoms with van der Waals surface area (Å²) < 4.78 is 36.7. The summed E-state index contributed by atoms with van der Waals surface area (Å²) in [6.07, 6.45) is 0. The molecule has 0 saturated carbocycles. The van der Waals surface area contributed by atoms with Crippen molar-refractivity contribution in [2.45, 2.75) is 21.1 Å². The highest BCUT2D eigenvalue weighted by Gasteiger charge is 2.28. The van der Waals surface area contributed by atoms with Crippen molar-refractivity contribution < 1.29 is 18.0 Å². The van der Waals surface area contributed by atoms with Crippen LogP contribution in [-0.2, 0) is 5.75 Å². The first-order valence-electron chi connectivity index (χ1n) is 6.21. The van der Waals surface area contributed by atoms with Gasteiger partial charge in [-0.3, -0.25) is 4.79 Å². The Kier molecular flexibility index (Phi) is 5.42. The van der Waals surface area contributed by atoms with Gasteiger partial charge < -0.3 is 5.73 Å². The molecule has 0 aliphatic rings. The number of primary amides is 1. The Balaban J connectivity index is 1.92. The first-order chi connectivity index (χ1) is 10.3. The minimum absolute atomic E-state index is 0.122. The van der Waals surface area contributed by atoms with E-state index in [4.69, 9.17) is 5.73 Å². The van der Waals surface area contributed by atoms with Crippen molar-refractivity contribution in [1.82, 2.24) is 0 Å². The van der Waals surface area contributed by atoms with Crippen LogP contribution >= 0.6 is 23.5 Å². The first kappa shape index (κ1) is 16.8. The lowest BCUT2D eigenvalue weighted by Crippen LogP contribution is -2.10. The minimum Gasteiger partial charge on any atom is -0.366 e. The summed E-state index contributed by atoms with van der Waals surface area (Å²) in [5, 5.41) is 0. The molecule has 0 fully saturated rings. The molecule has 7 heteroatoms. The summed E-state index contributed by atoms with van der Waals surface area (Å²) in [4.78, 5) is 12.1. The van der Waals surface area contributed by atoms with E-state index in [1.54, 1.807) is 36.4 Å². The maximum atomic E-state index is 12.2. The molecule has 0 heterocycles. The molecule has 0 atom stereocenters. The topological polar surface area (TPSA) is 43.1 Å². The number of carbonyl (C=O) groups excluding carboxylic acids is 1. The van der Waals surface area contributed by atoms with Gasteiger partial charge in [0.2, 0.25) is 5.91 Å². The van der Waals surface area contributed by atoms with Gasteiger partial charge in [-0.2, -0.15) is 13.2 Å². The monoisotopic (exact) mass is 343 g/mol. The van der Waals surface area contributed by atoms with E-state index in [2.05, 4.69) is 0 Å². The summed E-state index contributed by atoms with van der Waals surface area (Å²) in [6.45, 7) is 0. The number of hydrogen-bond acceptors (Lipinski definition) is 3. The molecule has 0 saturated heterocycles. The second-order valence-corrected chi connectivity index (χ2v) is 6.56. The quantitative estimate of drug-likeness (QED) is 0.801. The molecule has 2 aromatic rings. The fourth-order valence-electron chi connectivity index (χ4n) is 1.67. The molecule has 0 aromatic heterocycles. The van der Waals surface area contributed by atoms with E-state index in [-0.39, 0.29) is 16.7 Å². The largest absolute Gasteiger partial charge is 0.446 e. The smallest absolute Gasteiger partial charge is 0.366 e. The number of hydrogen-bond donors (Lipinski definition) is 1. The Morgan fingerprint density at radius 1 is 0.955 bits per heavy atom. The Morgan fingerprint density at radius 2 is 1.50 bits per heavy atom. The number of alkyl halides is 3. The molecule has 116 valence electrons. The van der Waals surface area contributed by atoms with Crippen molar-refractivity contribution >= 4 is 29.4 Å². The van der Waals surface area contributed by atoms with Gasteiger partial charge in [0.05, 0.1) is 0 Å².